The number of nitrogens with zero attached hydrogens (tertiary/aromatic N) is 1. The molecule has 0 amide bonds. The van der Waals surface area contributed by atoms with Gasteiger partial charge in [0.15, 0.2) is 0 Å². The van der Waals surface area contributed by atoms with Crippen LogP contribution in [0.4, 0.5) is 0 Å². The van der Waals surface area contributed by atoms with Crippen LogP contribution in [-0.4, -0.2) is 16.7 Å². The number of hydrogen-bond donors (Lipinski definition) is 2. The molecule has 1 heterocycles. The van der Waals surface area contributed by atoms with Gasteiger partial charge in [-0.25, -0.2) is 0 Å². The molecule has 0 saturated carbocycles. The Labute approximate surface area is 73.4 Å². The molecule has 0 spiro atoms. The summed E-state index contributed by atoms with van der Waals surface area (Å²) in [7, 11) is 0. The second-order valence-electron chi connectivity index (χ2n) is 4.19. The SMILES string of the molecule is CC(C)(C)C(CN)c1cn[nH]c1. The minimum absolute atomic E-state index is 0.207. The molecule has 0 aliphatic rings. The van der Waals surface area contributed by atoms with Gasteiger partial charge in [-0.15, -0.1) is 0 Å². The van der Waals surface area contributed by atoms with Crippen LogP contribution in [0.25, 0.3) is 0 Å². The zero-order valence-corrected chi connectivity index (χ0v) is 7.96. The summed E-state index contributed by atoms with van der Waals surface area (Å²) in [6, 6.07) is 0. The second-order valence-corrected chi connectivity index (χ2v) is 4.19. The second kappa shape index (κ2) is 3.27. The van der Waals surface area contributed by atoms with Gasteiger partial charge in [0.1, 0.15) is 0 Å². The van der Waals surface area contributed by atoms with Crippen LogP contribution in [0.1, 0.15) is 32.3 Å². The number of nitrogens with one attached hydrogen (secondary N) is 1. The molecule has 0 saturated heterocycles. The molecule has 1 unspecified atom stereocenters. The van der Waals surface area contributed by atoms with Crippen LogP contribution in [0.3, 0.4) is 0 Å². The van der Waals surface area contributed by atoms with Gasteiger partial charge >= 0.3 is 0 Å². The molecule has 0 radical (unpaired) electrons. The highest BCUT2D eigenvalue weighted by Gasteiger charge is 2.25. The normalized spacial score (nSPS) is 14.7. The molecule has 1 atom stereocenters. The Kier molecular flexibility index (Phi) is 2.52. The molecule has 3 heteroatoms. The zero-order valence-electron chi connectivity index (χ0n) is 7.96. The van der Waals surface area contributed by atoms with Crippen LogP contribution in [0, 0.1) is 5.41 Å². The number of aromatic amines is 1. The van der Waals surface area contributed by atoms with E-state index in [0.717, 1.165) is 0 Å². The van der Waals surface area contributed by atoms with Crippen molar-refractivity contribution in [2.75, 3.05) is 6.54 Å². The van der Waals surface area contributed by atoms with E-state index >= 15 is 0 Å². The summed E-state index contributed by atoms with van der Waals surface area (Å²) in [5, 5.41) is 6.74. The minimum atomic E-state index is 0.207. The van der Waals surface area contributed by atoms with E-state index in [1.165, 1.54) is 5.56 Å². The van der Waals surface area contributed by atoms with Gasteiger partial charge < -0.3 is 5.73 Å². The van der Waals surface area contributed by atoms with Crippen LogP contribution in [0.5, 0.6) is 0 Å². The van der Waals surface area contributed by atoms with Gasteiger partial charge in [-0.2, -0.15) is 5.10 Å². The lowest BCUT2D eigenvalue weighted by Crippen LogP contribution is -2.25. The Hall–Kier alpha value is -0.830. The maximum Gasteiger partial charge on any atom is 0.0522 e. The first kappa shape index (κ1) is 9.26. The molecule has 0 aliphatic heterocycles. The number of H-pyrrole nitrogens is 1. The van der Waals surface area contributed by atoms with Crippen molar-refractivity contribution in [3.63, 3.8) is 0 Å². The van der Waals surface area contributed by atoms with E-state index in [1.807, 2.05) is 12.4 Å². The quantitative estimate of drug-likeness (QED) is 0.701. The molecule has 1 aromatic rings. The maximum atomic E-state index is 5.71. The molecule has 0 aliphatic carbocycles. The zero-order chi connectivity index (χ0) is 9.19. The van der Waals surface area contributed by atoms with Gasteiger partial charge in [0.05, 0.1) is 6.20 Å². The summed E-state index contributed by atoms with van der Waals surface area (Å²) in [4.78, 5) is 0. The van der Waals surface area contributed by atoms with Crippen LogP contribution in [-0.2, 0) is 0 Å². The van der Waals surface area contributed by atoms with Crippen molar-refractivity contribution < 1.29 is 0 Å². The lowest BCUT2D eigenvalue weighted by molar-refractivity contribution is 0.325. The molecule has 0 aromatic carbocycles. The van der Waals surface area contributed by atoms with Crippen molar-refractivity contribution in [1.82, 2.24) is 10.2 Å². The molecular weight excluding hydrogens is 150 g/mol. The summed E-state index contributed by atoms with van der Waals surface area (Å²) in [6.07, 6.45) is 3.77. The summed E-state index contributed by atoms with van der Waals surface area (Å²) >= 11 is 0. The van der Waals surface area contributed by atoms with Gasteiger partial charge in [0, 0.05) is 12.1 Å². The Balaban J connectivity index is 2.84. The van der Waals surface area contributed by atoms with E-state index in [1.54, 1.807) is 0 Å². The van der Waals surface area contributed by atoms with E-state index in [4.69, 9.17) is 5.73 Å². The Morgan fingerprint density at radius 3 is 2.58 bits per heavy atom. The van der Waals surface area contributed by atoms with Gasteiger partial charge in [-0.05, 0) is 17.5 Å². The lowest BCUT2D eigenvalue weighted by Gasteiger charge is -2.28. The minimum Gasteiger partial charge on any atom is -0.330 e. The van der Waals surface area contributed by atoms with Crippen LogP contribution in [0.2, 0.25) is 0 Å². The molecule has 0 fully saturated rings. The number of nitrogens with two attached hydrogens (primary N) is 1. The molecule has 3 N–H and O–H groups in total. The van der Waals surface area contributed by atoms with Crippen molar-refractivity contribution in [2.24, 2.45) is 11.1 Å². The van der Waals surface area contributed by atoms with Crippen molar-refractivity contribution >= 4 is 0 Å². The van der Waals surface area contributed by atoms with Gasteiger partial charge in [-0.3, -0.25) is 5.10 Å². The first-order chi connectivity index (χ1) is 5.55. The predicted molar refractivity (Wildman–Crippen MR) is 49.8 cm³/mol. The topological polar surface area (TPSA) is 54.7 Å². The largest absolute Gasteiger partial charge is 0.330 e. The average molecular weight is 167 g/mol. The molecule has 1 aromatic heterocycles. The van der Waals surface area contributed by atoms with Crippen LogP contribution >= 0.6 is 0 Å². The van der Waals surface area contributed by atoms with Crippen molar-refractivity contribution in [3.8, 4) is 0 Å². The summed E-state index contributed by atoms with van der Waals surface area (Å²) in [5.74, 6) is 0.385. The molecule has 12 heavy (non-hydrogen) atoms. The third kappa shape index (κ3) is 1.85. The highest BCUT2D eigenvalue weighted by atomic mass is 15.1. The first-order valence-electron chi connectivity index (χ1n) is 4.24. The standard InChI is InChI=1S/C9H17N3/c1-9(2,3)8(4-10)7-5-11-12-6-7/h5-6,8H,4,10H2,1-3H3,(H,11,12). The highest BCUT2D eigenvalue weighted by molar-refractivity contribution is 5.13. The smallest absolute Gasteiger partial charge is 0.0522 e. The van der Waals surface area contributed by atoms with Gasteiger partial charge in [0.25, 0.3) is 0 Å². The number of aromatic nitrogens is 2. The number of rotatable bonds is 2. The summed E-state index contributed by atoms with van der Waals surface area (Å²) < 4.78 is 0. The fourth-order valence-electron chi connectivity index (χ4n) is 1.44. The Bertz CT molecular complexity index is 220. The van der Waals surface area contributed by atoms with Gasteiger partial charge in [0.2, 0.25) is 0 Å². The molecule has 1 rings (SSSR count). The van der Waals surface area contributed by atoms with Crippen molar-refractivity contribution in [2.45, 2.75) is 26.7 Å². The molecular formula is C9H17N3. The predicted octanol–water partition coefficient (Wildman–Crippen LogP) is 1.50. The van der Waals surface area contributed by atoms with Gasteiger partial charge in [-0.1, -0.05) is 20.8 Å². The van der Waals surface area contributed by atoms with E-state index < -0.39 is 0 Å². The lowest BCUT2D eigenvalue weighted by atomic mass is 9.77. The van der Waals surface area contributed by atoms with Crippen LogP contribution < -0.4 is 5.73 Å². The average Bonchev–Trinajstić information content (AvgIpc) is 2.38. The fraction of sp³-hybridized carbons (Fsp3) is 0.667. The van der Waals surface area contributed by atoms with Crippen molar-refractivity contribution in [3.05, 3.63) is 18.0 Å². The molecule has 3 nitrogen and oxygen atoms in total. The van der Waals surface area contributed by atoms with E-state index in [2.05, 4.69) is 31.0 Å². The summed E-state index contributed by atoms with van der Waals surface area (Å²) in [6.45, 7) is 7.25. The third-order valence-electron chi connectivity index (χ3n) is 2.20. The highest BCUT2D eigenvalue weighted by Crippen LogP contribution is 2.33. The van der Waals surface area contributed by atoms with E-state index in [9.17, 15) is 0 Å². The molecule has 0 bridgehead atoms. The number of hydrogen-bond acceptors (Lipinski definition) is 2. The first-order valence-corrected chi connectivity index (χ1v) is 4.24. The fourth-order valence-corrected chi connectivity index (χ4v) is 1.44. The third-order valence-corrected chi connectivity index (χ3v) is 2.20. The van der Waals surface area contributed by atoms with E-state index in [0.29, 0.717) is 12.5 Å². The summed E-state index contributed by atoms with van der Waals surface area (Å²) in [5.41, 5.74) is 7.11. The van der Waals surface area contributed by atoms with Crippen LogP contribution in [0.15, 0.2) is 12.4 Å². The maximum absolute atomic E-state index is 5.71. The van der Waals surface area contributed by atoms with Crippen molar-refractivity contribution in [1.29, 1.82) is 0 Å². The van der Waals surface area contributed by atoms with E-state index in [-0.39, 0.29) is 5.41 Å². The monoisotopic (exact) mass is 167 g/mol. The Morgan fingerprint density at radius 1 is 1.58 bits per heavy atom. The molecule has 68 valence electrons. The Morgan fingerprint density at radius 2 is 2.25 bits per heavy atom.